The Labute approximate surface area is 79.1 Å². The molecule has 0 aromatic carbocycles. The normalized spacial score (nSPS) is 9.42. The first-order valence-electron chi connectivity index (χ1n) is 3.13. The minimum atomic E-state index is -0.359. The summed E-state index contributed by atoms with van der Waals surface area (Å²) < 4.78 is 4.52. The van der Waals surface area contributed by atoms with Crippen molar-refractivity contribution in [3.05, 3.63) is 21.9 Å². The van der Waals surface area contributed by atoms with Gasteiger partial charge in [-0.2, -0.15) is 0 Å². The molecule has 5 heteroatoms. The highest BCUT2D eigenvalue weighted by atomic mass is 32.1. The van der Waals surface area contributed by atoms with Gasteiger partial charge in [-0.05, 0) is 12.1 Å². The van der Waals surface area contributed by atoms with E-state index < -0.39 is 0 Å². The Kier molecular flexibility index (Phi) is 2.78. The topological polar surface area (TPSA) is 52.3 Å². The second-order valence-corrected chi connectivity index (χ2v) is 3.54. The van der Waals surface area contributed by atoms with E-state index in [9.17, 15) is 4.79 Å². The van der Waals surface area contributed by atoms with Gasteiger partial charge in [0.2, 0.25) is 0 Å². The predicted molar refractivity (Wildman–Crippen MR) is 51.5 cm³/mol. The number of ether oxygens (including phenoxy) is 1. The van der Waals surface area contributed by atoms with Gasteiger partial charge in [-0.3, -0.25) is 0 Å². The maximum Gasteiger partial charge on any atom is 0.348 e. The number of carbonyl (C=O) groups is 1. The highest BCUT2D eigenvalue weighted by molar-refractivity contribution is 7.81. The fourth-order valence-electron chi connectivity index (χ4n) is 0.681. The van der Waals surface area contributed by atoms with Crippen molar-refractivity contribution < 1.29 is 9.53 Å². The molecule has 1 rings (SSSR count). The van der Waals surface area contributed by atoms with Crippen molar-refractivity contribution >= 4 is 34.5 Å². The first-order chi connectivity index (χ1) is 5.65. The molecule has 0 saturated carbocycles. The predicted octanol–water partition coefficient (Wildman–Crippen LogP) is 1.17. The molecule has 12 heavy (non-hydrogen) atoms. The number of esters is 1. The van der Waals surface area contributed by atoms with Gasteiger partial charge >= 0.3 is 5.97 Å². The van der Waals surface area contributed by atoms with Crippen LogP contribution in [0.5, 0.6) is 0 Å². The Balaban J connectivity index is 2.91. The van der Waals surface area contributed by atoms with Crippen LogP contribution in [0.1, 0.15) is 14.5 Å². The average Bonchev–Trinajstić information content (AvgIpc) is 2.51. The summed E-state index contributed by atoms with van der Waals surface area (Å²) in [7, 11) is 1.34. The van der Waals surface area contributed by atoms with Crippen LogP contribution in [0.3, 0.4) is 0 Å². The average molecular weight is 201 g/mol. The highest BCUT2D eigenvalue weighted by Gasteiger charge is 2.09. The summed E-state index contributed by atoms with van der Waals surface area (Å²) in [4.78, 5) is 12.5. The third-order valence-electron chi connectivity index (χ3n) is 1.24. The van der Waals surface area contributed by atoms with E-state index in [1.165, 1.54) is 18.4 Å². The van der Waals surface area contributed by atoms with E-state index in [0.29, 0.717) is 9.87 Å². The van der Waals surface area contributed by atoms with Gasteiger partial charge in [-0.15, -0.1) is 11.3 Å². The smallest absolute Gasteiger partial charge is 0.348 e. The van der Waals surface area contributed by atoms with Crippen LogP contribution in [-0.2, 0) is 4.74 Å². The summed E-state index contributed by atoms with van der Waals surface area (Å²) in [5, 5.41) is 0. The number of thiophene rings is 1. The van der Waals surface area contributed by atoms with Crippen molar-refractivity contribution in [2.24, 2.45) is 5.73 Å². The Morgan fingerprint density at radius 2 is 2.17 bits per heavy atom. The molecule has 1 aromatic heterocycles. The van der Waals surface area contributed by atoms with Crippen LogP contribution in [0.4, 0.5) is 0 Å². The second-order valence-electron chi connectivity index (χ2n) is 2.02. The first-order valence-corrected chi connectivity index (χ1v) is 4.35. The zero-order valence-electron chi connectivity index (χ0n) is 6.37. The molecule has 0 amide bonds. The second kappa shape index (κ2) is 3.64. The minimum Gasteiger partial charge on any atom is -0.465 e. The number of carbonyl (C=O) groups excluding carboxylic acids is 1. The Morgan fingerprint density at radius 1 is 1.58 bits per heavy atom. The minimum absolute atomic E-state index is 0.301. The van der Waals surface area contributed by atoms with E-state index in [2.05, 4.69) is 4.74 Å². The molecule has 64 valence electrons. The Morgan fingerprint density at radius 3 is 2.58 bits per heavy atom. The Bertz CT molecular complexity index is 319. The van der Waals surface area contributed by atoms with E-state index >= 15 is 0 Å². The molecular weight excluding hydrogens is 194 g/mol. The first kappa shape index (κ1) is 9.15. The lowest BCUT2D eigenvalue weighted by molar-refractivity contribution is 0.0606. The molecule has 0 saturated heterocycles. The van der Waals surface area contributed by atoms with Crippen LogP contribution < -0.4 is 5.73 Å². The fourth-order valence-corrected chi connectivity index (χ4v) is 1.65. The lowest BCUT2D eigenvalue weighted by Crippen LogP contribution is -2.06. The number of nitrogens with two attached hydrogens (primary N) is 1. The number of rotatable bonds is 2. The molecule has 0 bridgehead atoms. The molecule has 0 aliphatic carbocycles. The molecule has 0 aliphatic rings. The third kappa shape index (κ3) is 1.80. The largest absolute Gasteiger partial charge is 0.465 e. The van der Waals surface area contributed by atoms with Crippen molar-refractivity contribution in [3.8, 4) is 0 Å². The maximum absolute atomic E-state index is 11.0. The number of methoxy groups -OCH3 is 1. The summed E-state index contributed by atoms with van der Waals surface area (Å²) in [5.74, 6) is -0.359. The zero-order chi connectivity index (χ0) is 9.14. The molecule has 0 radical (unpaired) electrons. The lowest BCUT2D eigenvalue weighted by atomic mass is 10.4. The molecule has 1 heterocycles. The quantitative estimate of drug-likeness (QED) is 0.576. The van der Waals surface area contributed by atoms with Gasteiger partial charge in [-0.1, -0.05) is 12.2 Å². The van der Waals surface area contributed by atoms with Crippen LogP contribution >= 0.6 is 23.6 Å². The molecule has 0 fully saturated rings. The van der Waals surface area contributed by atoms with E-state index in [4.69, 9.17) is 18.0 Å². The molecule has 0 unspecified atom stereocenters. The molecule has 2 N–H and O–H groups in total. The van der Waals surface area contributed by atoms with Gasteiger partial charge in [0.15, 0.2) is 0 Å². The van der Waals surface area contributed by atoms with Crippen LogP contribution in [0, 0.1) is 0 Å². The molecule has 0 spiro atoms. The van der Waals surface area contributed by atoms with Crippen LogP contribution in [0.25, 0.3) is 0 Å². The van der Waals surface area contributed by atoms with Gasteiger partial charge in [0.05, 0.1) is 12.0 Å². The van der Waals surface area contributed by atoms with Crippen LogP contribution in [0.2, 0.25) is 0 Å². The summed E-state index contributed by atoms with van der Waals surface area (Å²) in [6, 6.07) is 3.35. The molecule has 3 nitrogen and oxygen atoms in total. The molecular formula is C7H7NO2S2. The van der Waals surface area contributed by atoms with Crippen molar-refractivity contribution in [1.29, 1.82) is 0 Å². The van der Waals surface area contributed by atoms with Crippen LogP contribution in [-0.4, -0.2) is 18.1 Å². The SMILES string of the molecule is COC(=O)c1ccc(C(N)=S)s1. The van der Waals surface area contributed by atoms with Crippen molar-refractivity contribution in [2.45, 2.75) is 0 Å². The zero-order valence-corrected chi connectivity index (χ0v) is 8.00. The van der Waals surface area contributed by atoms with Gasteiger partial charge in [0, 0.05) is 0 Å². The highest BCUT2D eigenvalue weighted by Crippen LogP contribution is 2.16. The van der Waals surface area contributed by atoms with Gasteiger partial charge in [-0.25, -0.2) is 4.79 Å². The van der Waals surface area contributed by atoms with Gasteiger partial charge in [0.1, 0.15) is 9.87 Å². The van der Waals surface area contributed by atoms with E-state index in [1.807, 2.05) is 0 Å². The summed E-state index contributed by atoms with van der Waals surface area (Å²) in [5.41, 5.74) is 5.36. The summed E-state index contributed by atoms with van der Waals surface area (Å²) >= 11 is 5.97. The number of hydrogen-bond acceptors (Lipinski definition) is 4. The van der Waals surface area contributed by atoms with E-state index in [-0.39, 0.29) is 5.97 Å². The monoisotopic (exact) mass is 201 g/mol. The van der Waals surface area contributed by atoms with Gasteiger partial charge < -0.3 is 10.5 Å². The standard InChI is InChI=1S/C7H7NO2S2/c1-10-7(9)5-3-2-4(12-5)6(8)11/h2-3H,1H3,(H2,8,11). The third-order valence-corrected chi connectivity index (χ3v) is 2.68. The number of hydrogen-bond donors (Lipinski definition) is 1. The summed E-state index contributed by atoms with van der Waals surface area (Å²) in [6.07, 6.45) is 0. The summed E-state index contributed by atoms with van der Waals surface area (Å²) in [6.45, 7) is 0. The van der Waals surface area contributed by atoms with E-state index in [0.717, 1.165) is 4.88 Å². The molecule has 1 aromatic rings. The Hall–Kier alpha value is -0.940. The maximum atomic E-state index is 11.0. The number of thiocarbonyl (C=S) groups is 1. The van der Waals surface area contributed by atoms with Crippen molar-refractivity contribution in [2.75, 3.05) is 7.11 Å². The van der Waals surface area contributed by atoms with Crippen molar-refractivity contribution in [3.63, 3.8) is 0 Å². The van der Waals surface area contributed by atoms with Gasteiger partial charge in [0.25, 0.3) is 0 Å². The lowest BCUT2D eigenvalue weighted by Gasteiger charge is -1.92. The fraction of sp³-hybridized carbons (Fsp3) is 0.143. The van der Waals surface area contributed by atoms with Crippen LogP contribution in [0.15, 0.2) is 12.1 Å². The van der Waals surface area contributed by atoms with E-state index in [1.54, 1.807) is 12.1 Å². The molecule has 0 aliphatic heterocycles. The molecule has 0 atom stereocenters. The van der Waals surface area contributed by atoms with Crippen molar-refractivity contribution in [1.82, 2.24) is 0 Å².